The Morgan fingerprint density at radius 2 is 1.59 bits per heavy atom. The smallest absolute Gasteiger partial charge is 0.405 e. The van der Waals surface area contributed by atoms with Gasteiger partial charge < -0.3 is 34.4 Å². The summed E-state index contributed by atoms with van der Waals surface area (Å²) in [6.07, 6.45) is 4.23. The molecule has 238 valence electrons. The van der Waals surface area contributed by atoms with Crippen LogP contribution >= 0.6 is 0 Å². The van der Waals surface area contributed by atoms with Crippen molar-refractivity contribution in [1.82, 2.24) is 30.0 Å². The van der Waals surface area contributed by atoms with Crippen LogP contribution in [0.15, 0.2) is 79.1 Å². The molecule has 0 saturated carbocycles. The minimum atomic E-state index is -1.13. The summed E-state index contributed by atoms with van der Waals surface area (Å²) in [7, 11) is 3.25. The average molecular weight is 621 g/mol. The van der Waals surface area contributed by atoms with E-state index in [9.17, 15) is 9.90 Å². The monoisotopic (exact) mass is 620 g/mol. The van der Waals surface area contributed by atoms with E-state index in [2.05, 4.69) is 54.3 Å². The van der Waals surface area contributed by atoms with Crippen LogP contribution in [0.1, 0.15) is 61.1 Å². The number of carboxylic acid groups (broad SMARTS) is 1. The van der Waals surface area contributed by atoms with E-state index >= 15 is 0 Å². The summed E-state index contributed by atoms with van der Waals surface area (Å²) < 4.78 is 13.3. The molecule has 3 heterocycles. The fourth-order valence-corrected chi connectivity index (χ4v) is 6.60. The van der Waals surface area contributed by atoms with E-state index < -0.39 is 12.1 Å². The molecule has 1 unspecified atom stereocenters. The van der Waals surface area contributed by atoms with E-state index in [0.29, 0.717) is 30.3 Å². The van der Waals surface area contributed by atoms with Crippen molar-refractivity contribution in [2.45, 2.75) is 52.1 Å². The molecule has 10 heteroatoms. The lowest BCUT2D eigenvalue weighted by atomic mass is 9.72. The molecule has 1 amide bonds. The molecule has 6 rings (SSSR count). The zero-order valence-electron chi connectivity index (χ0n) is 26.8. The van der Waals surface area contributed by atoms with E-state index in [0.717, 1.165) is 39.8 Å². The molecular formula is C36H40N6O4. The maximum Gasteiger partial charge on any atom is 0.405 e. The van der Waals surface area contributed by atoms with Gasteiger partial charge in [-0.2, -0.15) is 0 Å². The maximum absolute atomic E-state index is 12.5. The van der Waals surface area contributed by atoms with Gasteiger partial charge in [-0.3, -0.25) is 0 Å². The normalized spacial score (nSPS) is 13.2. The Labute approximate surface area is 267 Å². The number of rotatable bonds is 11. The second-order valence-electron chi connectivity index (χ2n) is 12.7. The molecule has 6 aromatic rings. The first-order valence-corrected chi connectivity index (χ1v) is 15.4. The van der Waals surface area contributed by atoms with Crippen molar-refractivity contribution in [3.05, 3.63) is 107 Å². The lowest BCUT2D eigenvalue weighted by Crippen LogP contribution is -2.38. The molecule has 4 N–H and O–H groups in total. The third kappa shape index (κ3) is 6.02. The second kappa shape index (κ2) is 12.6. The topological polar surface area (TPSA) is 130 Å². The predicted octanol–water partition coefficient (Wildman–Crippen LogP) is 7.23. The molecule has 0 aliphatic rings. The quantitative estimate of drug-likeness (QED) is 0.121. The van der Waals surface area contributed by atoms with Crippen LogP contribution in [0, 0.1) is 5.41 Å². The standard InChI is InChI=1S/C36H40N6O4/c1-36(2,3)32(27-20-38-29-13-9-7-11-26(27)29)33(39-35(43)44)34-41-40-31(17-15-22-19-37-28-12-8-6-10-25(22)28)42(34)21-23-14-16-24(45-4)18-30(23)46-5/h6-14,16,18-20,32-33,37-39H,15,17,21H2,1-5H3,(H,43,44)/t32-,33?/m1/s1. The molecule has 0 fully saturated rings. The highest BCUT2D eigenvalue weighted by atomic mass is 16.5. The van der Waals surface area contributed by atoms with E-state index in [1.165, 1.54) is 10.9 Å². The van der Waals surface area contributed by atoms with Gasteiger partial charge in [0.2, 0.25) is 0 Å². The number of hydrogen-bond acceptors (Lipinski definition) is 5. The highest BCUT2D eigenvalue weighted by Crippen LogP contribution is 2.46. The number of fused-ring (bicyclic) bond motifs is 2. The Morgan fingerprint density at radius 3 is 2.28 bits per heavy atom. The molecule has 3 aromatic heterocycles. The van der Waals surface area contributed by atoms with Gasteiger partial charge in [0.15, 0.2) is 5.82 Å². The van der Waals surface area contributed by atoms with E-state index in [1.807, 2.05) is 65.5 Å². The maximum atomic E-state index is 12.5. The molecule has 0 aliphatic heterocycles. The SMILES string of the molecule is COc1ccc(Cn2c(CCc3c[nH]c4ccccc34)nnc2C(NC(=O)O)[C@@H](c2c[nH]c3ccccc23)C(C)(C)C)c(OC)c1. The Balaban J connectivity index is 1.48. The Bertz CT molecular complexity index is 1980. The third-order valence-corrected chi connectivity index (χ3v) is 8.75. The van der Waals surface area contributed by atoms with Crippen molar-refractivity contribution in [3.63, 3.8) is 0 Å². The first kappa shape index (κ1) is 30.8. The first-order valence-electron chi connectivity index (χ1n) is 15.4. The number of para-hydroxylation sites is 2. The van der Waals surface area contributed by atoms with Crippen molar-refractivity contribution in [1.29, 1.82) is 0 Å². The molecule has 2 atom stereocenters. The molecular weight excluding hydrogens is 580 g/mol. The van der Waals surface area contributed by atoms with Crippen LogP contribution in [0.3, 0.4) is 0 Å². The lowest BCUT2D eigenvalue weighted by molar-refractivity contribution is 0.176. The van der Waals surface area contributed by atoms with Crippen LogP contribution in [0.2, 0.25) is 0 Å². The Morgan fingerprint density at radius 1 is 0.891 bits per heavy atom. The first-order chi connectivity index (χ1) is 22.2. The summed E-state index contributed by atoms with van der Waals surface area (Å²) in [6.45, 7) is 6.75. The van der Waals surface area contributed by atoms with Gasteiger partial charge in [-0.15, -0.1) is 10.2 Å². The number of amides is 1. The summed E-state index contributed by atoms with van der Waals surface area (Å²) >= 11 is 0. The molecule has 0 bridgehead atoms. The van der Waals surface area contributed by atoms with Gasteiger partial charge in [-0.1, -0.05) is 57.2 Å². The number of nitrogens with one attached hydrogen (secondary N) is 3. The highest BCUT2D eigenvalue weighted by Gasteiger charge is 2.40. The van der Waals surface area contributed by atoms with Crippen molar-refractivity contribution < 1.29 is 19.4 Å². The summed E-state index contributed by atoms with van der Waals surface area (Å²) in [5, 5.41) is 24.7. The van der Waals surface area contributed by atoms with Crippen LogP contribution in [0.25, 0.3) is 21.8 Å². The number of methoxy groups -OCH3 is 2. The molecule has 0 aliphatic carbocycles. The van der Waals surface area contributed by atoms with Gasteiger partial charge in [-0.05, 0) is 47.2 Å². The Hall–Kier alpha value is -5.25. The van der Waals surface area contributed by atoms with Gasteiger partial charge in [0.05, 0.1) is 26.8 Å². The fourth-order valence-electron chi connectivity index (χ4n) is 6.60. The molecule has 0 radical (unpaired) electrons. The zero-order valence-corrected chi connectivity index (χ0v) is 26.8. The highest BCUT2D eigenvalue weighted by molar-refractivity contribution is 5.84. The van der Waals surface area contributed by atoms with Crippen LogP contribution in [-0.2, 0) is 19.4 Å². The molecule has 3 aromatic carbocycles. The second-order valence-corrected chi connectivity index (χ2v) is 12.7. The van der Waals surface area contributed by atoms with Crippen LogP contribution in [0.5, 0.6) is 11.5 Å². The fraction of sp³-hybridized carbons (Fsp3) is 0.306. The van der Waals surface area contributed by atoms with Gasteiger partial charge in [0.1, 0.15) is 17.3 Å². The number of benzene rings is 3. The van der Waals surface area contributed by atoms with Gasteiger partial charge in [0, 0.05) is 58.2 Å². The van der Waals surface area contributed by atoms with Crippen molar-refractivity contribution >= 4 is 27.9 Å². The number of hydrogen-bond donors (Lipinski definition) is 4. The minimum Gasteiger partial charge on any atom is -0.497 e. The summed E-state index contributed by atoms with van der Waals surface area (Å²) in [4.78, 5) is 19.2. The predicted molar refractivity (Wildman–Crippen MR) is 179 cm³/mol. The summed E-state index contributed by atoms with van der Waals surface area (Å²) in [6, 6.07) is 21.3. The number of H-pyrrole nitrogens is 2. The van der Waals surface area contributed by atoms with Crippen molar-refractivity contribution in [3.8, 4) is 11.5 Å². The van der Waals surface area contributed by atoms with Crippen molar-refractivity contribution in [2.24, 2.45) is 5.41 Å². The number of ether oxygens (including phenoxy) is 2. The van der Waals surface area contributed by atoms with Crippen LogP contribution < -0.4 is 14.8 Å². The van der Waals surface area contributed by atoms with Crippen molar-refractivity contribution in [2.75, 3.05) is 14.2 Å². The number of nitrogens with zero attached hydrogens (tertiary/aromatic N) is 3. The van der Waals surface area contributed by atoms with E-state index in [4.69, 9.17) is 19.7 Å². The van der Waals surface area contributed by atoms with E-state index in [-0.39, 0.29) is 11.3 Å². The number of aryl methyl sites for hydroxylation is 2. The van der Waals surface area contributed by atoms with Gasteiger partial charge in [-0.25, -0.2) is 4.79 Å². The van der Waals surface area contributed by atoms with Gasteiger partial charge in [0.25, 0.3) is 0 Å². The number of aromatic nitrogens is 5. The van der Waals surface area contributed by atoms with Crippen LogP contribution in [0.4, 0.5) is 4.79 Å². The van der Waals surface area contributed by atoms with Crippen LogP contribution in [-0.4, -0.2) is 50.2 Å². The minimum absolute atomic E-state index is 0.290. The Kier molecular flexibility index (Phi) is 8.44. The summed E-state index contributed by atoms with van der Waals surface area (Å²) in [5.41, 5.74) is 4.80. The van der Waals surface area contributed by atoms with E-state index in [1.54, 1.807) is 14.2 Å². The molecule has 0 spiro atoms. The number of aromatic amines is 2. The molecule has 46 heavy (non-hydrogen) atoms. The number of carbonyl (C=O) groups is 1. The largest absolute Gasteiger partial charge is 0.497 e. The lowest BCUT2D eigenvalue weighted by Gasteiger charge is -2.37. The third-order valence-electron chi connectivity index (χ3n) is 8.75. The molecule has 0 saturated heterocycles. The van der Waals surface area contributed by atoms with Gasteiger partial charge >= 0.3 is 6.09 Å². The zero-order chi connectivity index (χ0) is 32.4. The average Bonchev–Trinajstić information content (AvgIpc) is 3.76. The molecule has 10 nitrogen and oxygen atoms in total. The summed E-state index contributed by atoms with van der Waals surface area (Å²) in [5.74, 6) is 2.35.